The highest BCUT2D eigenvalue weighted by molar-refractivity contribution is 9.10. The maximum Gasteiger partial charge on any atom is 0.436 e. The molecule has 1 aromatic carbocycles. The molecule has 0 radical (unpaired) electrons. The van der Waals surface area contributed by atoms with Gasteiger partial charge in [0.05, 0.1) is 32.3 Å². The van der Waals surface area contributed by atoms with Crippen LogP contribution in [-0.4, -0.2) is 20.6 Å². The predicted molar refractivity (Wildman–Crippen MR) is 91.0 cm³/mol. The van der Waals surface area contributed by atoms with Gasteiger partial charge in [-0.05, 0) is 28.9 Å². The molecule has 0 aliphatic heterocycles. The molecule has 1 amide bonds. The van der Waals surface area contributed by atoms with E-state index < -0.39 is 22.7 Å². The van der Waals surface area contributed by atoms with E-state index >= 15 is 0 Å². The van der Waals surface area contributed by atoms with Crippen molar-refractivity contribution in [3.05, 3.63) is 49.2 Å². The molecule has 0 atom stereocenters. The Morgan fingerprint density at radius 2 is 2.12 bits per heavy atom. The molecule has 12 heteroatoms. The van der Waals surface area contributed by atoms with E-state index in [1.54, 1.807) is 0 Å². The lowest BCUT2D eigenvalue weighted by molar-refractivity contribution is -0.384. The summed E-state index contributed by atoms with van der Waals surface area (Å²) in [5.74, 6) is -0.577. The molecule has 0 unspecified atom stereocenters. The van der Waals surface area contributed by atoms with E-state index in [1.165, 1.54) is 19.1 Å². The minimum Gasteiger partial charge on any atom is -0.325 e. The van der Waals surface area contributed by atoms with Gasteiger partial charge in [-0.3, -0.25) is 19.6 Å². The number of alkyl halides is 3. The number of aryl methyl sites for hydroxylation is 1. The number of aromatic nitrogens is 2. The van der Waals surface area contributed by atoms with Crippen LogP contribution in [0.25, 0.3) is 0 Å². The van der Waals surface area contributed by atoms with Gasteiger partial charge in [-0.25, -0.2) is 0 Å². The second-order valence-electron chi connectivity index (χ2n) is 5.19. The number of nitrogens with zero attached hydrogens (tertiary/aromatic N) is 3. The molecule has 2 rings (SSSR count). The largest absolute Gasteiger partial charge is 0.436 e. The zero-order valence-corrected chi connectivity index (χ0v) is 15.4. The smallest absolute Gasteiger partial charge is 0.325 e. The monoisotopic (exact) mass is 454 g/mol. The lowest BCUT2D eigenvalue weighted by Crippen LogP contribution is -2.16. The third-order valence-electron chi connectivity index (χ3n) is 3.39. The van der Waals surface area contributed by atoms with Gasteiger partial charge in [-0.2, -0.15) is 18.3 Å². The van der Waals surface area contributed by atoms with Gasteiger partial charge in [0, 0.05) is 18.6 Å². The molecule has 26 heavy (non-hydrogen) atoms. The molecule has 7 nitrogen and oxygen atoms in total. The van der Waals surface area contributed by atoms with Gasteiger partial charge in [-0.1, -0.05) is 11.6 Å². The number of nitro benzene ring substituents is 1. The van der Waals surface area contributed by atoms with Crippen LogP contribution in [0.5, 0.6) is 0 Å². The topological polar surface area (TPSA) is 90.1 Å². The van der Waals surface area contributed by atoms with Crippen molar-refractivity contribution >= 4 is 44.8 Å². The van der Waals surface area contributed by atoms with Crippen LogP contribution in [0.1, 0.15) is 17.8 Å². The molecule has 0 aliphatic carbocycles. The zero-order chi connectivity index (χ0) is 19.6. The molecule has 140 valence electrons. The SMILES string of the molecule is Cc1c(Br)c(C(F)(F)F)nn1CCC(=O)Nc1cc([N+](=O)[O-])ccc1Cl. The fourth-order valence-electron chi connectivity index (χ4n) is 2.07. The normalized spacial score (nSPS) is 11.5. The van der Waals surface area contributed by atoms with Crippen molar-refractivity contribution < 1.29 is 22.9 Å². The Bertz CT molecular complexity index is 870. The summed E-state index contributed by atoms with van der Waals surface area (Å²) < 4.78 is 39.3. The van der Waals surface area contributed by atoms with Gasteiger partial charge in [0.15, 0.2) is 5.69 Å². The molecular formula is C14H11BrClF3N4O3. The number of anilines is 1. The highest BCUT2D eigenvalue weighted by atomic mass is 79.9. The molecule has 0 saturated carbocycles. The van der Waals surface area contributed by atoms with Gasteiger partial charge < -0.3 is 5.32 Å². The van der Waals surface area contributed by atoms with Crippen LogP contribution in [0.2, 0.25) is 5.02 Å². The Labute approximate surface area is 158 Å². The highest BCUT2D eigenvalue weighted by Crippen LogP contribution is 2.35. The number of carbonyl (C=O) groups is 1. The van der Waals surface area contributed by atoms with Gasteiger partial charge in [0.1, 0.15) is 0 Å². The van der Waals surface area contributed by atoms with E-state index in [2.05, 4.69) is 26.3 Å². The second kappa shape index (κ2) is 7.62. The van der Waals surface area contributed by atoms with Crippen molar-refractivity contribution in [3.63, 3.8) is 0 Å². The third-order valence-corrected chi connectivity index (χ3v) is 4.67. The third kappa shape index (κ3) is 4.52. The average Bonchev–Trinajstić information content (AvgIpc) is 2.83. The molecule has 0 saturated heterocycles. The van der Waals surface area contributed by atoms with Crippen LogP contribution in [0, 0.1) is 17.0 Å². The number of nitrogens with one attached hydrogen (secondary N) is 1. The summed E-state index contributed by atoms with van der Waals surface area (Å²) in [6.07, 6.45) is -4.82. The van der Waals surface area contributed by atoms with Gasteiger partial charge in [0.25, 0.3) is 5.69 Å². The summed E-state index contributed by atoms with van der Waals surface area (Å²) in [4.78, 5) is 22.1. The first-order valence-electron chi connectivity index (χ1n) is 7.04. The van der Waals surface area contributed by atoms with Gasteiger partial charge in [-0.15, -0.1) is 0 Å². The van der Waals surface area contributed by atoms with E-state index in [-0.39, 0.29) is 39.5 Å². The number of carbonyl (C=O) groups excluding carboxylic acids is 1. The summed E-state index contributed by atoms with van der Waals surface area (Å²) in [6.45, 7) is 1.32. The van der Waals surface area contributed by atoms with Crippen molar-refractivity contribution in [3.8, 4) is 0 Å². The van der Waals surface area contributed by atoms with Crippen molar-refractivity contribution in [1.29, 1.82) is 0 Å². The first-order valence-corrected chi connectivity index (χ1v) is 8.21. The number of rotatable bonds is 5. The van der Waals surface area contributed by atoms with Crippen LogP contribution in [0.3, 0.4) is 0 Å². The number of hydrogen-bond acceptors (Lipinski definition) is 4. The Morgan fingerprint density at radius 3 is 2.65 bits per heavy atom. The number of nitro groups is 1. The van der Waals surface area contributed by atoms with E-state index in [9.17, 15) is 28.1 Å². The summed E-state index contributed by atoms with van der Waals surface area (Å²) in [5.41, 5.74) is -1.07. The number of hydrogen-bond donors (Lipinski definition) is 1. The molecule has 2 aromatic rings. The molecule has 0 fully saturated rings. The van der Waals surface area contributed by atoms with Crippen LogP contribution in [0.15, 0.2) is 22.7 Å². The Morgan fingerprint density at radius 1 is 1.46 bits per heavy atom. The lowest BCUT2D eigenvalue weighted by atomic mass is 10.2. The fourth-order valence-corrected chi connectivity index (χ4v) is 2.74. The Kier molecular flexibility index (Phi) is 5.91. The fraction of sp³-hybridized carbons (Fsp3) is 0.286. The number of benzene rings is 1. The van der Waals surface area contributed by atoms with E-state index in [1.807, 2.05) is 0 Å². The molecule has 0 aliphatic rings. The maximum absolute atomic E-state index is 12.8. The summed E-state index contributed by atoms with van der Waals surface area (Å²) in [6, 6.07) is 3.54. The van der Waals surface area contributed by atoms with Gasteiger partial charge in [0.2, 0.25) is 5.91 Å². The summed E-state index contributed by atoms with van der Waals surface area (Å²) in [5, 5.41) is 16.7. The standard InChI is InChI=1S/C14H11BrClF3N4O3/c1-7-12(15)13(14(17,18)19)21-22(7)5-4-11(24)20-10-6-8(23(25)26)2-3-9(10)16/h2-3,6H,4-5H2,1H3,(H,20,24). The first-order chi connectivity index (χ1) is 12.0. The predicted octanol–water partition coefficient (Wildman–Crippen LogP) is 4.56. The first kappa shape index (κ1) is 20.2. The second-order valence-corrected chi connectivity index (χ2v) is 6.39. The molecule has 1 N–H and O–H groups in total. The van der Waals surface area contributed by atoms with Crippen molar-refractivity contribution in [2.24, 2.45) is 0 Å². The molecule has 0 spiro atoms. The van der Waals surface area contributed by atoms with Crippen molar-refractivity contribution in [2.75, 3.05) is 5.32 Å². The molecule has 1 heterocycles. The maximum atomic E-state index is 12.8. The van der Waals surface area contributed by atoms with Crippen LogP contribution in [-0.2, 0) is 17.5 Å². The van der Waals surface area contributed by atoms with E-state index in [4.69, 9.17) is 11.6 Å². The molecule has 1 aromatic heterocycles. The Balaban J connectivity index is 2.09. The van der Waals surface area contributed by atoms with Crippen LogP contribution < -0.4 is 5.32 Å². The zero-order valence-electron chi connectivity index (χ0n) is 13.1. The Hall–Kier alpha value is -2.14. The summed E-state index contributed by atoms with van der Waals surface area (Å²) in [7, 11) is 0. The lowest BCUT2D eigenvalue weighted by Gasteiger charge is -2.08. The number of halogens is 5. The van der Waals surface area contributed by atoms with Crippen LogP contribution >= 0.6 is 27.5 Å². The quantitative estimate of drug-likeness (QED) is 0.528. The highest BCUT2D eigenvalue weighted by Gasteiger charge is 2.37. The van der Waals surface area contributed by atoms with E-state index in [0.717, 1.165) is 10.7 Å². The average molecular weight is 456 g/mol. The van der Waals surface area contributed by atoms with E-state index in [0.29, 0.717) is 0 Å². The van der Waals surface area contributed by atoms with Crippen LogP contribution in [0.4, 0.5) is 24.5 Å². The van der Waals surface area contributed by atoms with Crippen molar-refractivity contribution in [1.82, 2.24) is 9.78 Å². The minimum atomic E-state index is -4.62. The molecular weight excluding hydrogens is 445 g/mol. The van der Waals surface area contributed by atoms with Crippen molar-refractivity contribution in [2.45, 2.75) is 26.1 Å². The van der Waals surface area contributed by atoms with Gasteiger partial charge >= 0.3 is 6.18 Å². The summed E-state index contributed by atoms with van der Waals surface area (Å²) >= 11 is 8.72. The number of non-ortho nitro benzene ring substituents is 1. The molecule has 0 bridgehead atoms. The number of amides is 1. The minimum absolute atomic E-state index is 0.0419.